The van der Waals surface area contributed by atoms with Crippen LogP contribution in [0.1, 0.15) is 58.6 Å². The summed E-state index contributed by atoms with van der Waals surface area (Å²) in [5.74, 6) is 0. The van der Waals surface area contributed by atoms with Crippen LogP contribution in [-0.4, -0.2) is 28.7 Å². The van der Waals surface area contributed by atoms with Crippen LogP contribution in [0, 0.1) is 0 Å². The zero-order chi connectivity index (χ0) is 14.1. The van der Waals surface area contributed by atoms with Crippen molar-refractivity contribution in [3.8, 4) is 0 Å². The van der Waals surface area contributed by atoms with Crippen LogP contribution in [0.4, 0.5) is 0 Å². The first kappa shape index (κ1) is 16.1. The van der Waals surface area contributed by atoms with Crippen molar-refractivity contribution >= 4 is 0 Å². The van der Waals surface area contributed by atoms with E-state index in [0.29, 0.717) is 0 Å². The molecule has 0 aliphatic rings. The molecule has 108 valence electrons. The van der Waals surface area contributed by atoms with Gasteiger partial charge in [0.2, 0.25) is 0 Å². The first-order valence-corrected chi connectivity index (χ1v) is 7.36. The lowest BCUT2D eigenvalue weighted by atomic mass is 9.84. The molecule has 0 saturated carbocycles. The monoisotopic (exact) mass is 265 g/mol. The fourth-order valence-electron chi connectivity index (χ4n) is 2.59. The highest BCUT2D eigenvalue weighted by molar-refractivity contribution is 5.15. The summed E-state index contributed by atoms with van der Waals surface area (Å²) in [7, 11) is 0. The van der Waals surface area contributed by atoms with Crippen LogP contribution >= 0.6 is 0 Å². The van der Waals surface area contributed by atoms with Crippen LogP contribution in [-0.2, 0) is 4.74 Å². The number of nitrogens with one attached hydrogen (secondary N) is 1. The summed E-state index contributed by atoms with van der Waals surface area (Å²) in [5.41, 5.74) is 0.919. The van der Waals surface area contributed by atoms with Crippen molar-refractivity contribution in [2.24, 2.45) is 0 Å². The SMILES string of the molecule is CCCNC(c1cncnc1)C(CC)(CC)OCC. The van der Waals surface area contributed by atoms with E-state index in [1.165, 1.54) is 0 Å². The highest BCUT2D eigenvalue weighted by atomic mass is 16.5. The van der Waals surface area contributed by atoms with Crippen LogP contribution in [0.2, 0.25) is 0 Å². The van der Waals surface area contributed by atoms with E-state index in [1.807, 2.05) is 12.4 Å². The van der Waals surface area contributed by atoms with E-state index in [9.17, 15) is 0 Å². The van der Waals surface area contributed by atoms with Crippen LogP contribution < -0.4 is 5.32 Å². The first-order valence-electron chi connectivity index (χ1n) is 7.36. The van der Waals surface area contributed by atoms with Gasteiger partial charge in [0.1, 0.15) is 6.33 Å². The van der Waals surface area contributed by atoms with E-state index in [-0.39, 0.29) is 11.6 Å². The van der Waals surface area contributed by atoms with Gasteiger partial charge >= 0.3 is 0 Å². The molecule has 0 fully saturated rings. The molecule has 0 amide bonds. The molecule has 0 aromatic carbocycles. The standard InChI is InChI=1S/C15H27N3O/c1-5-9-18-14(13-10-16-12-17-11-13)15(6-2,7-3)19-8-4/h10-12,14,18H,5-9H2,1-4H3. The predicted molar refractivity (Wildman–Crippen MR) is 78.0 cm³/mol. The molecule has 0 saturated heterocycles. The lowest BCUT2D eigenvalue weighted by molar-refractivity contribution is -0.0734. The van der Waals surface area contributed by atoms with Crippen molar-refractivity contribution < 1.29 is 4.74 Å². The second-order valence-corrected chi connectivity index (χ2v) is 4.76. The van der Waals surface area contributed by atoms with Gasteiger partial charge < -0.3 is 10.1 Å². The van der Waals surface area contributed by atoms with Gasteiger partial charge in [-0.15, -0.1) is 0 Å². The van der Waals surface area contributed by atoms with Crippen molar-refractivity contribution in [3.63, 3.8) is 0 Å². The van der Waals surface area contributed by atoms with E-state index in [2.05, 4.69) is 43.0 Å². The van der Waals surface area contributed by atoms with Gasteiger partial charge in [0.05, 0.1) is 11.6 Å². The molecule has 1 rings (SSSR count). The molecule has 4 heteroatoms. The lowest BCUT2D eigenvalue weighted by Crippen LogP contribution is -2.46. The van der Waals surface area contributed by atoms with E-state index in [4.69, 9.17) is 4.74 Å². The van der Waals surface area contributed by atoms with Crippen molar-refractivity contribution in [2.45, 2.75) is 58.6 Å². The Morgan fingerprint density at radius 1 is 1.16 bits per heavy atom. The molecule has 1 atom stereocenters. The van der Waals surface area contributed by atoms with Crippen molar-refractivity contribution in [1.82, 2.24) is 15.3 Å². The minimum Gasteiger partial charge on any atom is -0.373 e. The Kier molecular flexibility index (Phi) is 6.95. The molecule has 1 heterocycles. The lowest BCUT2D eigenvalue weighted by Gasteiger charge is -2.40. The van der Waals surface area contributed by atoms with Gasteiger partial charge in [-0.2, -0.15) is 0 Å². The molecule has 0 radical (unpaired) electrons. The fraction of sp³-hybridized carbons (Fsp3) is 0.733. The van der Waals surface area contributed by atoms with Gasteiger partial charge in [-0.25, -0.2) is 9.97 Å². The van der Waals surface area contributed by atoms with Gasteiger partial charge in [0.15, 0.2) is 0 Å². The second-order valence-electron chi connectivity index (χ2n) is 4.76. The average Bonchev–Trinajstić information content (AvgIpc) is 2.47. The molecule has 0 aliphatic carbocycles. The number of hydrogen-bond acceptors (Lipinski definition) is 4. The number of aromatic nitrogens is 2. The Bertz CT molecular complexity index is 339. The Labute approximate surface area is 117 Å². The third-order valence-corrected chi connectivity index (χ3v) is 3.67. The van der Waals surface area contributed by atoms with Crippen molar-refractivity contribution in [1.29, 1.82) is 0 Å². The normalized spacial score (nSPS) is 13.5. The Hall–Kier alpha value is -1.00. The first-order chi connectivity index (χ1) is 9.24. The Morgan fingerprint density at radius 3 is 2.26 bits per heavy atom. The van der Waals surface area contributed by atoms with E-state index in [1.54, 1.807) is 6.33 Å². The highest BCUT2D eigenvalue weighted by Gasteiger charge is 2.37. The Morgan fingerprint density at radius 2 is 1.79 bits per heavy atom. The molecule has 1 unspecified atom stereocenters. The summed E-state index contributed by atoms with van der Waals surface area (Å²) in [4.78, 5) is 8.30. The number of ether oxygens (including phenoxy) is 1. The van der Waals surface area contributed by atoms with E-state index in [0.717, 1.165) is 38.0 Å². The smallest absolute Gasteiger partial charge is 0.115 e. The summed E-state index contributed by atoms with van der Waals surface area (Å²) in [6.07, 6.45) is 8.38. The minimum absolute atomic E-state index is 0.142. The Balaban J connectivity index is 3.05. The molecular weight excluding hydrogens is 238 g/mol. The molecule has 0 aliphatic heterocycles. The summed E-state index contributed by atoms with van der Waals surface area (Å²) in [5, 5.41) is 3.61. The maximum atomic E-state index is 6.12. The molecule has 4 nitrogen and oxygen atoms in total. The molecule has 1 aromatic rings. The summed E-state index contributed by atoms with van der Waals surface area (Å²) >= 11 is 0. The summed E-state index contributed by atoms with van der Waals surface area (Å²) < 4.78 is 6.12. The van der Waals surface area contributed by atoms with Gasteiger partial charge in [0, 0.05) is 24.6 Å². The predicted octanol–water partition coefficient (Wildman–Crippen LogP) is 3.11. The molecule has 0 bridgehead atoms. The molecule has 1 N–H and O–H groups in total. The molecule has 19 heavy (non-hydrogen) atoms. The zero-order valence-corrected chi connectivity index (χ0v) is 12.6. The van der Waals surface area contributed by atoms with Gasteiger partial charge in [0.25, 0.3) is 0 Å². The topological polar surface area (TPSA) is 47.0 Å². The highest BCUT2D eigenvalue weighted by Crippen LogP contribution is 2.35. The molecular formula is C15H27N3O. The maximum Gasteiger partial charge on any atom is 0.115 e. The average molecular weight is 265 g/mol. The maximum absolute atomic E-state index is 6.12. The largest absolute Gasteiger partial charge is 0.373 e. The third kappa shape index (κ3) is 3.98. The van der Waals surface area contributed by atoms with Crippen molar-refractivity contribution in [2.75, 3.05) is 13.2 Å². The summed E-state index contributed by atoms with van der Waals surface area (Å²) in [6, 6.07) is 0.142. The molecule has 0 spiro atoms. The van der Waals surface area contributed by atoms with Crippen LogP contribution in [0.5, 0.6) is 0 Å². The van der Waals surface area contributed by atoms with Gasteiger partial charge in [-0.1, -0.05) is 20.8 Å². The number of rotatable bonds is 9. The van der Waals surface area contributed by atoms with Gasteiger partial charge in [-0.3, -0.25) is 0 Å². The van der Waals surface area contributed by atoms with E-state index < -0.39 is 0 Å². The summed E-state index contributed by atoms with van der Waals surface area (Å²) in [6.45, 7) is 10.3. The third-order valence-electron chi connectivity index (χ3n) is 3.67. The fourth-order valence-corrected chi connectivity index (χ4v) is 2.59. The number of nitrogens with zero attached hydrogens (tertiary/aromatic N) is 2. The van der Waals surface area contributed by atoms with Crippen LogP contribution in [0.3, 0.4) is 0 Å². The zero-order valence-electron chi connectivity index (χ0n) is 12.6. The second kappa shape index (κ2) is 8.23. The minimum atomic E-state index is -0.186. The van der Waals surface area contributed by atoms with Crippen LogP contribution in [0.25, 0.3) is 0 Å². The van der Waals surface area contributed by atoms with E-state index >= 15 is 0 Å². The van der Waals surface area contributed by atoms with Gasteiger partial charge in [-0.05, 0) is 32.7 Å². The molecule has 1 aromatic heterocycles. The quantitative estimate of drug-likeness (QED) is 0.745. The van der Waals surface area contributed by atoms with Crippen LogP contribution in [0.15, 0.2) is 18.7 Å². The number of hydrogen-bond donors (Lipinski definition) is 1. The van der Waals surface area contributed by atoms with Crippen molar-refractivity contribution in [3.05, 3.63) is 24.3 Å².